The number of allylic oxidation sites excluding steroid dienone is 2. The van der Waals surface area contributed by atoms with Gasteiger partial charge in [-0.3, -0.25) is 14.5 Å². The fourth-order valence-corrected chi connectivity index (χ4v) is 4.43. The third-order valence-corrected chi connectivity index (χ3v) is 5.50. The first-order chi connectivity index (χ1) is 10.8. The Morgan fingerprint density at radius 1 is 0.909 bits per heavy atom. The summed E-state index contributed by atoms with van der Waals surface area (Å²) >= 11 is 0. The molecular weight excluding hydrogens is 274 g/mol. The molecule has 2 aliphatic carbocycles. The number of imide groups is 1. The Morgan fingerprint density at radius 3 is 2.18 bits per heavy atom. The van der Waals surface area contributed by atoms with E-state index in [-0.39, 0.29) is 23.7 Å². The van der Waals surface area contributed by atoms with Gasteiger partial charge in [0.05, 0.1) is 11.8 Å². The Bertz CT molecular complexity index is 592. The maximum absolute atomic E-state index is 12.5. The van der Waals surface area contributed by atoms with E-state index in [1.54, 1.807) is 4.90 Å². The van der Waals surface area contributed by atoms with E-state index in [2.05, 4.69) is 24.3 Å². The van der Waals surface area contributed by atoms with Crippen molar-refractivity contribution < 1.29 is 9.59 Å². The molecular formula is C19H21NO2. The molecule has 0 spiro atoms. The number of carbonyl (C=O) groups is 2. The maximum Gasteiger partial charge on any atom is 0.233 e. The van der Waals surface area contributed by atoms with Crippen LogP contribution in [-0.2, 0) is 16.0 Å². The molecule has 1 saturated heterocycles. The number of unbranched alkanes of at least 4 members (excludes halogenated alkanes) is 1. The van der Waals surface area contributed by atoms with Crippen LogP contribution in [0.4, 0.5) is 0 Å². The van der Waals surface area contributed by atoms with Crippen LogP contribution in [0.1, 0.15) is 24.8 Å². The lowest BCUT2D eigenvalue weighted by molar-refractivity contribution is -0.140. The van der Waals surface area contributed by atoms with Crippen LogP contribution < -0.4 is 0 Å². The Hall–Kier alpha value is -1.90. The van der Waals surface area contributed by atoms with E-state index in [1.807, 2.05) is 18.2 Å². The second kappa shape index (κ2) is 5.38. The number of carbonyl (C=O) groups excluding carboxylic acids is 2. The number of hydrogen-bond donors (Lipinski definition) is 0. The number of fused-ring (bicyclic) bond motifs is 5. The quantitative estimate of drug-likeness (QED) is 0.476. The van der Waals surface area contributed by atoms with Crippen LogP contribution in [0, 0.1) is 23.7 Å². The second-order valence-electron chi connectivity index (χ2n) is 6.77. The fourth-order valence-electron chi connectivity index (χ4n) is 4.43. The molecule has 3 aliphatic rings. The van der Waals surface area contributed by atoms with Crippen molar-refractivity contribution in [2.45, 2.75) is 25.7 Å². The molecule has 114 valence electrons. The van der Waals surface area contributed by atoms with Crippen LogP contribution in [0.15, 0.2) is 42.5 Å². The van der Waals surface area contributed by atoms with E-state index in [1.165, 1.54) is 5.56 Å². The van der Waals surface area contributed by atoms with Crippen molar-refractivity contribution in [1.82, 2.24) is 4.90 Å². The molecule has 2 fully saturated rings. The average molecular weight is 295 g/mol. The molecule has 1 aromatic rings. The van der Waals surface area contributed by atoms with Crippen molar-refractivity contribution in [3.63, 3.8) is 0 Å². The summed E-state index contributed by atoms with van der Waals surface area (Å²) in [5.74, 6) is 0.730. The SMILES string of the molecule is O=C1C2C3C=CC(C3)C2C(=O)N1CCCCc1ccccc1. The van der Waals surface area contributed by atoms with Gasteiger partial charge >= 0.3 is 0 Å². The zero-order valence-electron chi connectivity index (χ0n) is 12.7. The van der Waals surface area contributed by atoms with Gasteiger partial charge in [0.15, 0.2) is 0 Å². The fraction of sp³-hybridized carbons (Fsp3) is 0.474. The lowest BCUT2D eigenvalue weighted by atomic mass is 9.85. The number of amides is 2. The van der Waals surface area contributed by atoms with Gasteiger partial charge in [-0.15, -0.1) is 0 Å². The van der Waals surface area contributed by atoms with Gasteiger partial charge in [0.25, 0.3) is 0 Å². The number of nitrogens with zero attached hydrogens (tertiary/aromatic N) is 1. The molecule has 0 aromatic heterocycles. The monoisotopic (exact) mass is 295 g/mol. The van der Waals surface area contributed by atoms with E-state index >= 15 is 0 Å². The number of aryl methyl sites for hydroxylation is 1. The molecule has 2 amide bonds. The summed E-state index contributed by atoms with van der Waals surface area (Å²) in [6, 6.07) is 10.4. The minimum absolute atomic E-state index is 0.0448. The second-order valence-corrected chi connectivity index (χ2v) is 6.77. The molecule has 1 saturated carbocycles. The van der Waals surface area contributed by atoms with Crippen molar-refractivity contribution in [2.24, 2.45) is 23.7 Å². The van der Waals surface area contributed by atoms with Gasteiger partial charge in [0.2, 0.25) is 11.8 Å². The van der Waals surface area contributed by atoms with Gasteiger partial charge in [-0.1, -0.05) is 42.5 Å². The lowest BCUT2D eigenvalue weighted by Crippen LogP contribution is -2.33. The van der Waals surface area contributed by atoms with Crippen LogP contribution in [0.2, 0.25) is 0 Å². The number of hydrogen-bond acceptors (Lipinski definition) is 2. The zero-order valence-corrected chi connectivity index (χ0v) is 12.7. The third-order valence-electron chi connectivity index (χ3n) is 5.50. The van der Waals surface area contributed by atoms with Crippen LogP contribution >= 0.6 is 0 Å². The van der Waals surface area contributed by atoms with E-state index < -0.39 is 0 Å². The lowest BCUT2D eigenvalue weighted by Gasteiger charge is -2.17. The molecule has 0 N–H and O–H groups in total. The molecule has 22 heavy (non-hydrogen) atoms. The van der Waals surface area contributed by atoms with Gasteiger partial charge in [-0.2, -0.15) is 0 Å². The third kappa shape index (κ3) is 2.11. The Labute approximate surface area is 131 Å². The van der Waals surface area contributed by atoms with E-state index in [9.17, 15) is 9.59 Å². The molecule has 0 radical (unpaired) electrons. The predicted octanol–water partition coefficient (Wildman–Crippen LogP) is 2.82. The average Bonchev–Trinajstić information content (AvgIpc) is 3.21. The number of benzene rings is 1. The van der Waals surface area contributed by atoms with Crippen molar-refractivity contribution >= 4 is 11.8 Å². The topological polar surface area (TPSA) is 37.4 Å². The molecule has 3 heteroatoms. The highest BCUT2D eigenvalue weighted by atomic mass is 16.2. The molecule has 2 bridgehead atoms. The summed E-state index contributed by atoms with van der Waals surface area (Å²) in [7, 11) is 0. The summed E-state index contributed by atoms with van der Waals surface area (Å²) in [5.41, 5.74) is 1.32. The molecule has 4 rings (SSSR count). The van der Waals surface area contributed by atoms with Crippen LogP contribution in [0.5, 0.6) is 0 Å². The van der Waals surface area contributed by atoms with E-state index in [0.29, 0.717) is 18.4 Å². The zero-order chi connectivity index (χ0) is 15.1. The predicted molar refractivity (Wildman–Crippen MR) is 83.8 cm³/mol. The van der Waals surface area contributed by atoms with Gasteiger partial charge in [0.1, 0.15) is 0 Å². The van der Waals surface area contributed by atoms with E-state index in [4.69, 9.17) is 0 Å². The van der Waals surface area contributed by atoms with Gasteiger partial charge in [-0.25, -0.2) is 0 Å². The molecule has 1 heterocycles. The Morgan fingerprint density at radius 2 is 1.55 bits per heavy atom. The molecule has 3 nitrogen and oxygen atoms in total. The first-order valence-corrected chi connectivity index (χ1v) is 8.33. The summed E-state index contributed by atoms with van der Waals surface area (Å²) in [6.07, 6.45) is 8.23. The van der Waals surface area contributed by atoms with Gasteiger partial charge < -0.3 is 0 Å². The number of likely N-dealkylation sites (tertiary alicyclic amines) is 1. The molecule has 1 aromatic carbocycles. The van der Waals surface area contributed by atoms with Gasteiger partial charge in [0, 0.05) is 6.54 Å². The summed E-state index contributed by atoms with van der Waals surface area (Å²) in [4.78, 5) is 26.6. The summed E-state index contributed by atoms with van der Waals surface area (Å²) in [5, 5.41) is 0. The van der Waals surface area contributed by atoms with Crippen molar-refractivity contribution in [2.75, 3.05) is 6.54 Å². The Kier molecular flexibility index (Phi) is 3.36. The highest BCUT2D eigenvalue weighted by Crippen LogP contribution is 2.52. The maximum atomic E-state index is 12.5. The molecule has 1 aliphatic heterocycles. The smallest absolute Gasteiger partial charge is 0.233 e. The van der Waals surface area contributed by atoms with Crippen molar-refractivity contribution in [3.05, 3.63) is 48.0 Å². The van der Waals surface area contributed by atoms with Crippen molar-refractivity contribution in [3.8, 4) is 0 Å². The summed E-state index contributed by atoms with van der Waals surface area (Å²) < 4.78 is 0. The van der Waals surface area contributed by atoms with Crippen LogP contribution in [-0.4, -0.2) is 23.3 Å². The normalized spacial score (nSPS) is 32.1. The van der Waals surface area contributed by atoms with Crippen LogP contribution in [0.25, 0.3) is 0 Å². The highest BCUT2D eigenvalue weighted by Gasteiger charge is 2.58. The largest absolute Gasteiger partial charge is 0.282 e. The standard InChI is InChI=1S/C19H21NO2/c21-18-16-14-9-10-15(12-14)17(16)19(22)20(18)11-5-4-8-13-6-2-1-3-7-13/h1-3,6-7,9-10,14-17H,4-5,8,11-12H2. The summed E-state index contributed by atoms with van der Waals surface area (Å²) in [6.45, 7) is 0.594. The van der Waals surface area contributed by atoms with E-state index in [0.717, 1.165) is 25.7 Å². The molecule has 4 atom stereocenters. The van der Waals surface area contributed by atoms with Crippen molar-refractivity contribution in [1.29, 1.82) is 0 Å². The first-order valence-electron chi connectivity index (χ1n) is 8.33. The Balaban J connectivity index is 1.33. The highest BCUT2D eigenvalue weighted by molar-refractivity contribution is 6.06. The van der Waals surface area contributed by atoms with Crippen LogP contribution in [0.3, 0.4) is 0 Å². The number of rotatable bonds is 5. The molecule has 4 unspecified atom stereocenters. The minimum Gasteiger partial charge on any atom is -0.282 e. The minimum atomic E-state index is -0.0448. The van der Waals surface area contributed by atoms with Gasteiger partial charge in [-0.05, 0) is 43.1 Å². The first kappa shape index (κ1) is 13.7.